The number of fused-ring (bicyclic) bond motifs is 1. The van der Waals surface area contributed by atoms with E-state index in [1.165, 1.54) is 15.4 Å². The van der Waals surface area contributed by atoms with Crippen LogP contribution >= 0.6 is 11.6 Å². The van der Waals surface area contributed by atoms with E-state index in [0.717, 1.165) is 37.1 Å². The fourth-order valence-corrected chi connectivity index (χ4v) is 4.93. The summed E-state index contributed by atoms with van der Waals surface area (Å²) in [4.78, 5) is 0.273. The van der Waals surface area contributed by atoms with E-state index >= 15 is 0 Å². The highest BCUT2D eigenvalue weighted by Gasteiger charge is 2.22. The molecule has 0 amide bonds. The van der Waals surface area contributed by atoms with Crippen LogP contribution in [0, 0.1) is 0 Å². The second kappa shape index (κ2) is 8.19. The topological polar surface area (TPSA) is 49.4 Å². The maximum Gasteiger partial charge on any atom is 0.264 e. The van der Waals surface area contributed by atoms with E-state index in [1.807, 2.05) is 54.6 Å². The van der Waals surface area contributed by atoms with E-state index in [9.17, 15) is 8.42 Å². The normalized spacial score (nSPS) is 14.1. The van der Waals surface area contributed by atoms with Gasteiger partial charge < -0.3 is 5.32 Å². The van der Waals surface area contributed by atoms with Crippen LogP contribution in [0.1, 0.15) is 11.1 Å². The second-order valence-electron chi connectivity index (χ2n) is 7.21. The highest BCUT2D eigenvalue weighted by molar-refractivity contribution is 7.92. The molecule has 0 saturated heterocycles. The van der Waals surface area contributed by atoms with Gasteiger partial charge in [0.15, 0.2) is 0 Å². The lowest BCUT2D eigenvalue weighted by Gasteiger charge is -2.21. The quantitative estimate of drug-likeness (QED) is 0.667. The minimum absolute atomic E-state index is 0.273. The van der Waals surface area contributed by atoms with E-state index < -0.39 is 10.0 Å². The summed E-state index contributed by atoms with van der Waals surface area (Å²) in [5.41, 5.74) is 5.13. The van der Waals surface area contributed by atoms with E-state index in [1.54, 1.807) is 19.2 Å². The number of hydrogen-bond acceptors (Lipinski definition) is 3. The number of benzene rings is 3. The van der Waals surface area contributed by atoms with Crippen molar-refractivity contribution in [2.45, 2.75) is 17.7 Å². The summed E-state index contributed by atoms with van der Waals surface area (Å²) in [6.07, 6.45) is 1.88. The maximum absolute atomic E-state index is 13.2. The van der Waals surface area contributed by atoms with Crippen LogP contribution in [0.4, 0.5) is 5.69 Å². The second-order valence-corrected chi connectivity index (χ2v) is 9.61. The fourth-order valence-electron chi connectivity index (χ4n) is 3.61. The molecule has 3 aromatic rings. The molecule has 4 rings (SSSR count). The summed E-state index contributed by atoms with van der Waals surface area (Å²) >= 11 is 5.94. The molecule has 29 heavy (non-hydrogen) atoms. The number of anilines is 1. The lowest BCUT2D eigenvalue weighted by Crippen LogP contribution is -2.26. The highest BCUT2D eigenvalue weighted by atomic mass is 35.5. The fraction of sp³-hybridized carbons (Fsp3) is 0.217. The predicted octanol–water partition coefficient (Wildman–Crippen LogP) is 4.52. The van der Waals surface area contributed by atoms with Crippen LogP contribution in [0.2, 0.25) is 5.02 Å². The average molecular weight is 427 g/mol. The SMILES string of the molecule is CN(c1ccc2c(c1)CCNCC2)S(=O)(=O)c1ccc(-c2ccc(Cl)cc2)cc1. The minimum atomic E-state index is -3.64. The van der Waals surface area contributed by atoms with E-state index in [-0.39, 0.29) is 4.90 Å². The molecule has 3 aromatic carbocycles. The van der Waals surface area contributed by atoms with Crippen molar-refractivity contribution in [2.75, 3.05) is 24.4 Å². The van der Waals surface area contributed by atoms with Gasteiger partial charge in [0, 0.05) is 12.1 Å². The zero-order valence-corrected chi connectivity index (χ0v) is 17.8. The monoisotopic (exact) mass is 426 g/mol. The Balaban J connectivity index is 1.61. The van der Waals surface area contributed by atoms with Crippen molar-refractivity contribution in [3.63, 3.8) is 0 Å². The molecule has 0 saturated carbocycles. The van der Waals surface area contributed by atoms with Crippen molar-refractivity contribution in [1.82, 2.24) is 5.32 Å². The van der Waals surface area contributed by atoms with Gasteiger partial charge in [-0.25, -0.2) is 8.42 Å². The summed E-state index contributed by atoms with van der Waals surface area (Å²) in [7, 11) is -2.03. The van der Waals surface area contributed by atoms with Crippen LogP contribution in [0.3, 0.4) is 0 Å². The number of hydrogen-bond donors (Lipinski definition) is 1. The van der Waals surface area contributed by atoms with Gasteiger partial charge in [-0.2, -0.15) is 0 Å². The molecule has 0 spiro atoms. The third-order valence-corrected chi connectivity index (χ3v) is 7.44. The molecule has 1 aliphatic heterocycles. The van der Waals surface area contributed by atoms with Crippen molar-refractivity contribution >= 4 is 27.3 Å². The number of sulfonamides is 1. The Labute approximate surface area is 177 Å². The van der Waals surface area contributed by atoms with E-state index in [0.29, 0.717) is 10.7 Å². The number of nitrogens with zero attached hydrogens (tertiary/aromatic N) is 1. The molecule has 0 aliphatic carbocycles. The Hall–Kier alpha value is -2.34. The first-order chi connectivity index (χ1) is 13.9. The summed E-state index contributed by atoms with van der Waals surface area (Å²) in [5, 5.41) is 4.05. The molecule has 1 aliphatic rings. The Kier molecular flexibility index (Phi) is 5.63. The lowest BCUT2D eigenvalue weighted by molar-refractivity contribution is 0.594. The van der Waals surface area contributed by atoms with E-state index in [2.05, 4.69) is 5.32 Å². The van der Waals surface area contributed by atoms with Gasteiger partial charge in [-0.3, -0.25) is 4.31 Å². The number of halogens is 1. The van der Waals surface area contributed by atoms with Gasteiger partial charge in [-0.15, -0.1) is 0 Å². The summed E-state index contributed by atoms with van der Waals surface area (Å²) in [6, 6.07) is 20.4. The predicted molar refractivity (Wildman–Crippen MR) is 119 cm³/mol. The van der Waals surface area contributed by atoms with Crippen molar-refractivity contribution in [1.29, 1.82) is 0 Å². The summed E-state index contributed by atoms with van der Waals surface area (Å²) in [6.45, 7) is 1.87. The molecule has 1 heterocycles. The molecule has 1 N–H and O–H groups in total. The van der Waals surface area contributed by atoms with Gasteiger partial charge in [0.25, 0.3) is 10.0 Å². The first-order valence-corrected chi connectivity index (χ1v) is 11.4. The standard InChI is InChI=1S/C23H23ClN2O2S/c1-26(22-9-4-19-12-14-25-15-13-20(19)16-22)29(27,28)23-10-5-18(6-11-23)17-2-7-21(24)8-3-17/h2-11,16,25H,12-15H2,1H3. The maximum atomic E-state index is 13.2. The Bertz CT molecular complexity index is 1110. The largest absolute Gasteiger partial charge is 0.316 e. The van der Waals surface area contributed by atoms with Gasteiger partial charge in [-0.05, 0) is 84.6 Å². The van der Waals surface area contributed by atoms with Crippen molar-refractivity contribution in [3.8, 4) is 11.1 Å². The zero-order valence-electron chi connectivity index (χ0n) is 16.2. The molecule has 0 radical (unpaired) electrons. The molecular formula is C23H23ClN2O2S. The molecule has 150 valence electrons. The van der Waals surface area contributed by atoms with Gasteiger partial charge in [-0.1, -0.05) is 41.9 Å². The van der Waals surface area contributed by atoms with Gasteiger partial charge in [0.1, 0.15) is 0 Å². The average Bonchev–Trinajstić information content (AvgIpc) is 2.98. The van der Waals surface area contributed by atoms with Gasteiger partial charge in [0.2, 0.25) is 0 Å². The summed E-state index contributed by atoms with van der Waals surface area (Å²) in [5.74, 6) is 0. The number of rotatable bonds is 4. The Morgan fingerprint density at radius 3 is 2.07 bits per heavy atom. The van der Waals surface area contributed by atoms with Crippen LogP contribution < -0.4 is 9.62 Å². The first kappa shape index (κ1) is 20.0. The van der Waals surface area contributed by atoms with Crippen LogP contribution in [-0.4, -0.2) is 28.6 Å². The minimum Gasteiger partial charge on any atom is -0.316 e. The first-order valence-electron chi connectivity index (χ1n) is 9.62. The van der Waals surface area contributed by atoms with Gasteiger partial charge >= 0.3 is 0 Å². The highest BCUT2D eigenvalue weighted by Crippen LogP contribution is 2.28. The van der Waals surface area contributed by atoms with Crippen LogP contribution in [0.15, 0.2) is 71.6 Å². The molecule has 0 aromatic heterocycles. The molecule has 0 unspecified atom stereocenters. The van der Waals surface area contributed by atoms with Crippen LogP contribution in [0.5, 0.6) is 0 Å². The van der Waals surface area contributed by atoms with Crippen LogP contribution in [-0.2, 0) is 22.9 Å². The number of nitrogens with one attached hydrogen (secondary N) is 1. The van der Waals surface area contributed by atoms with Crippen molar-refractivity contribution in [3.05, 3.63) is 82.9 Å². The molecular weight excluding hydrogens is 404 g/mol. The Morgan fingerprint density at radius 1 is 0.828 bits per heavy atom. The zero-order chi connectivity index (χ0) is 20.4. The Morgan fingerprint density at radius 2 is 1.41 bits per heavy atom. The molecule has 0 fully saturated rings. The summed E-state index contributed by atoms with van der Waals surface area (Å²) < 4.78 is 27.7. The van der Waals surface area contributed by atoms with Gasteiger partial charge in [0.05, 0.1) is 10.6 Å². The molecule has 0 atom stereocenters. The lowest BCUT2D eigenvalue weighted by atomic mass is 10.0. The van der Waals surface area contributed by atoms with Crippen molar-refractivity contribution in [2.24, 2.45) is 0 Å². The van der Waals surface area contributed by atoms with Crippen molar-refractivity contribution < 1.29 is 8.42 Å². The third-order valence-electron chi connectivity index (χ3n) is 5.39. The molecule has 0 bridgehead atoms. The third kappa shape index (κ3) is 4.17. The molecule has 6 heteroatoms. The van der Waals surface area contributed by atoms with Crippen LogP contribution in [0.25, 0.3) is 11.1 Å². The van der Waals surface area contributed by atoms with E-state index in [4.69, 9.17) is 11.6 Å². The molecule has 4 nitrogen and oxygen atoms in total. The smallest absolute Gasteiger partial charge is 0.264 e.